The number of hydrogen-bond acceptors (Lipinski definition) is 5. The Balaban J connectivity index is 1.35. The number of aromatic nitrogens is 2. The minimum atomic E-state index is -0.717. The number of aryl methyl sites for hydroxylation is 1. The third-order valence-corrected chi connectivity index (χ3v) is 6.67. The molecule has 176 valence electrons. The Labute approximate surface area is 201 Å². The maximum Gasteiger partial charge on any atom is 0.303 e. The predicted molar refractivity (Wildman–Crippen MR) is 133 cm³/mol. The van der Waals surface area contributed by atoms with Gasteiger partial charge in [-0.15, -0.1) is 0 Å². The van der Waals surface area contributed by atoms with Crippen LogP contribution in [0.5, 0.6) is 5.75 Å². The number of methoxy groups -OCH3 is 1. The Hall–Kier alpha value is -3.43. The van der Waals surface area contributed by atoms with Crippen molar-refractivity contribution in [1.82, 2.24) is 14.9 Å². The number of rotatable bonds is 8. The van der Waals surface area contributed by atoms with Gasteiger partial charge < -0.3 is 9.84 Å². The van der Waals surface area contributed by atoms with Crippen LogP contribution in [0.15, 0.2) is 55.0 Å². The molecule has 0 spiro atoms. The fraction of sp³-hybridized carbons (Fsp3) is 0.393. The molecule has 6 nitrogen and oxygen atoms in total. The number of hydrogen-bond donors (Lipinski definition) is 1. The second-order valence-electron chi connectivity index (χ2n) is 8.93. The zero-order valence-electron chi connectivity index (χ0n) is 19.6. The van der Waals surface area contributed by atoms with Gasteiger partial charge in [0.15, 0.2) is 0 Å². The molecule has 0 aliphatic carbocycles. The lowest BCUT2D eigenvalue weighted by molar-refractivity contribution is -0.139. The van der Waals surface area contributed by atoms with Gasteiger partial charge in [0, 0.05) is 42.5 Å². The van der Waals surface area contributed by atoms with Gasteiger partial charge in [-0.3, -0.25) is 19.7 Å². The van der Waals surface area contributed by atoms with Crippen molar-refractivity contribution >= 4 is 16.9 Å². The highest BCUT2D eigenvalue weighted by atomic mass is 16.5. The van der Waals surface area contributed by atoms with Crippen LogP contribution in [-0.2, 0) is 11.2 Å². The van der Waals surface area contributed by atoms with E-state index in [1.807, 2.05) is 30.5 Å². The normalized spacial score (nSPS) is 18.3. The van der Waals surface area contributed by atoms with Gasteiger partial charge in [0.2, 0.25) is 0 Å². The Morgan fingerprint density at radius 3 is 2.94 bits per heavy atom. The summed E-state index contributed by atoms with van der Waals surface area (Å²) in [5, 5.41) is 10.6. The second-order valence-corrected chi connectivity index (χ2v) is 8.93. The lowest BCUT2D eigenvalue weighted by Crippen LogP contribution is -2.41. The van der Waals surface area contributed by atoms with E-state index in [9.17, 15) is 9.90 Å². The van der Waals surface area contributed by atoms with E-state index in [0.29, 0.717) is 12.5 Å². The molecule has 2 atom stereocenters. The topological polar surface area (TPSA) is 75.5 Å². The number of likely N-dealkylation sites (tertiary alicyclic amines) is 1. The van der Waals surface area contributed by atoms with Gasteiger partial charge in [-0.2, -0.15) is 0 Å². The van der Waals surface area contributed by atoms with Crippen LogP contribution in [0.1, 0.15) is 36.8 Å². The Morgan fingerprint density at radius 2 is 2.15 bits per heavy atom. The first kappa shape index (κ1) is 23.7. The molecule has 6 heteroatoms. The summed E-state index contributed by atoms with van der Waals surface area (Å²) in [6, 6.07) is 11.9. The van der Waals surface area contributed by atoms with E-state index in [4.69, 9.17) is 4.74 Å². The molecule has 1 aromatic carbocycles. The van der Waals surface area contributed by atoms with E-state index in [1.54, 1.807) is 19.5 Å². The van der Waals surface area contributed by atoms with Gasteiger partial charge in [-0.05, 0) is 86.0 Å². The van der Waals surface area contributed by atoms with Gasteiger partial charge in [0.05, 0.1) is 19.2 Å². The number of piperidine rings is 1. The van der Waals surface area contributed by atoms with Crippen LogP contribution in [0.3, 0.4) is 0 Å². The quantitative estimate of drug-likeness (QED) is 0.505. The number of ether oxygens (including phenoxy) is 1. The van der Waals surface area contributed by atoms with E-state index in [0.717, 1.165) is 61.0 Å². The van der Waals surface area contributed by atoms with Crippen LogP contribution in [0, 0.1) is 23.7 Å². The van der Waals surface area contributed by atoms with Crippen LogP contribution >= 0.6 is 0 Å². The molecule has 1 fully saturated rings. The number of aliphatic carboxylic acids is 1. The van der Waals surface area contributed by atoms with E-state index in [2.05, 4.69) is 38.8 Å². The number of pyridine rings is 2. The number of benzene rings is 1. The zero-order chi connectivity index (χ0) is 23.8. The standard InChI is InChI=1S/C28H31N3O3/c1-34-25-9-10-27-26(18-25)23(11-14-30-27)8-2-7-22-12-16-31(20-24(22)17-28(32)33)15-4-6-21-5-3-13-29-19-21/h3,5,9-11,13-14,18-19,22,24H,2,7-8,12,15-17,20H2,1H3,(H,32,33)/t22-,24+/m1/s1. The lowest BCUT2D eigenvalue weighted by Gasteiger charge is -2.37. The number of carbonyl (C=O) groups is 1. The summed E-state index contributed by atoms with van der Waals surface area (Å²) in [5.74, 6) is 7.06. The smallest absolute Gasteiger partial charge is 0.303 e. The molecule has 1 aliphatic heterocycles. The Morgan fingerprint density at radius 1 is 1.24 bits per heavy atom. The van der Waals surface area contributed by atoms with Gasteiger partial charge in [-0.25, -0.2) is 0 Å². The summed E-state index contributed by atoms with van der Waals surface area (Å²) in [6.07, 6.45) is 9.59. The molecule has 0 unspecified atom stereocenters. The first-order valence-electron chi connectivity index (χ1n) is 11.9. The first-order chi connectivity index (χ1) is 16.6. The summed E-state index contributed by atoms with van der Waals surface area (Å²) >= 11 is 0. The van der Waals surface area contributed by atoms with Crippen molar-refractivity contribution in [3.8, 4) is 17.6 Å². The molecule has 1 aliphatic rings. The zero-order valence-corrected chi connectivity index (χ0v) is 19.6. The van der Waals surface area contributed by atoms with Crippen LogP contribution in [-0.4, -0.2) is 52.7 Å². The Kier molecular flexibility index (Phi) is 8.11. The molecule has 0 radical (unpaired) electrons. The van der Waals surface area contributed by atoms with Gasteiger partial charge >= 0.3 is 5.97 Å². The number of carboxylic acid groups (broad SMARTS) is 1. The van der Waals surface area contributed by atoms with Crippen molar-refractivity contribution in [2.24, 2.45) is 11.8 Å². The average molecular weight is 458 g/mol. The Bertz CT molecular complexity index is 1170. The van der Waals surface area contributed by atoms with Crippen molar-refractivity contribution in [1.29, 1.82) is 0 Å². The summed E-state index contributed by atoms with van der Waals surface area (Å²) < 4.78 is 5.39. The maximum atomic E-state index is 11.5. The molecule has 3 aromatic rings. The summed E-state index contributed by atoms with van der Waals surface area (Å²) in [7, 11) is 1.68. The monoisotopic (exact) mass is 457 g/mol. The van der Waals surface area contributed by atoms with E-state index >= 15 is 0 Å². The van der Waals surface area contributed by atoms with Crippen molar-refractivity contribution in [2.45, 2.75) is 32.1 Å². The molecule has 0 bridgehead atoms. The second kappa shape index (κ2) is 11.6. The van der Waals surface area contributed by atoms with Crippen molar-refractivity contribution in [3.05, 3.63) is 66.1 Å². The number of fused-ring (bicyclic) bond motifs is 1. The molecular formula is C28H31N3O3. The van der Waals surface area contributed by atoms with Gasteiger partial charge in [-0.1, -0.05) is 11.8 Å². The molecule has 1 N–H and O–H groups in total. The fourth-order valence-corrected chi connectivity index (χ4v) is 4.91. The minimum absolute atomic E-state index is 0.153. The van der Waals surface area contributed by atoms with Crippen LogP contribution in [0.25, 0.3) is 10.9 Å². The maximum absolute atomic E-state index is 11.5. The SMILES string of the molecule is COc1ccc2nccc(CCC[C@@H]3CCN(CC#Cc4cccnc4)C[C@@H]3CC(=O)O)c2c1. The number of carboxylic acids is 1. The molecular weight excluding hydrogens is 426 g/mol. The molecule has 4 rings (SSSR count). The fourth-order valence-electron chi connectivity index (χ4n) is 4.91. The average Bonchev–Trinajstić information content (AvgIpc) is 2.85. The van der Waals surface area contributed by atoms with Gasteiger partial charge in [0.25, 0.3) is 0 Å². The highest BCUT2D eigenvalue weighted by Gasteiger charge is 2.30. The third kappa shape index (κ3) is 6.33. The molecule has 1 saturated heterocycles. The van der Waals surface area contributed by atoms with Crippen molar-refractivity contribution in [2.75, 3.05) is 26.7 Å². The first-order valence-corrected chi connectivity index (χ1v) is 11.9. The summed E-state index contributed by atoms with van der Waals surface area (Å²) in [4.78, 5) is 22.4. The summed E-state index contributed by atoms with van der Waals surface area (Å²) in [6.45, 7) is 2.40. The molecule has 3 heterocycles. The molecule has 0 amide bonds. The predicted octanol–water partition coefficient (Wildman–Crippen LogP) is 4.43. The van der Waals surface area contributed by atoms with Crippen molar-refractivity contribution < 1.29 is 14.6 Å². The largest absolute Gasteiger partial charge is 0.497 e. The van der Waals surface area contributed by atoms with Crippen LogP contribution in [0.4, 0.5) is 0 Å². The molecule has 2 aromatic heterocycles. The highest BCUT2D eigenvalue weighted by Crippen LogP contribution is 2.31. The lowest BCUT2D eigenvalue weighted by atomic mass is 9.80. The molecule has 34 heavy (non-hydrogen) atoms. The highest BCUT2D eigenvalue weighted by molar-refractivity contribution is 5.83. The minimum Gasteiger partial charge on any atom is -0.497 e. The van der Waals surface area contributed by atoms with E-state index in [1.165, 1.54) is 5.56 Å². The van der Waals surface area contributed by atoms with Gasteiger partial charge in [0.1, 0.15) is 5.75 Å². The van der Waals surface area contributed by atoms with Crippen molar-refractivity contribution in [3.63, 3.8) is 0 Å². The van der Waals surface area contributed by atoms with Crippen LogP contribution in [0.2, 0.25) is 0 Å². The van der Waals surface area contributed by atoms with Crippen LogP contribution < -0.4 is 4.74 Å². The van der Waals surface area contributed by atoms with E-state index < -0.39 is 5.97 Å². The summed E-state index contributed by atoms with van der Waals surface area (Å²) in [5.41, 5.74) is 3.14. The molecule has 0 saturated carbocycles. The third-order valence-electron chi connectivity index (χ3n) is 6.67. The number of nitrogens with zero attached hydrogens (tertiary/aromatic N) is 3. The van der Waals surface area contributed by atoms with E-state index in [-0.39, 0.29) is 12.3 Å².